The molecule has 3 aromatic rings. The summed E-state index contributed by atoms with van der Waals surface area (Å²) in [5.41, 5.74) is 2.63. The van der Waals surface area contributed by atoms with Crippen molar-refractivity contribution in [1.29, 1.82) is 0 Å². The largest absolute Gasteiger partial charge is 0.352 e. The van der Waals surface area contributed by atoms with Crippen LogP contribution in [0.25, 0.3) is 10.2 Å². The van der Waals surface area contributed by atoms with Crippen LogP contribution >= 0.6 is 11.3 Å². The monoisotopic (exact) mass is 490 g/mol. The highest BCUT2D eigenvalue weighted by atomic mass is 32.1. The number of hydrogen-bond donors (Lipinski definition) is 0. The minimum Gasteiger partial charge on any atom is -0.352 e. The van der Waals surface area contributed by atoms with Gasteiger partial charge in [-0.1, -0.05) is 57.5 Å². The number of piperazine rings is 1. The standard InChI is InChI=1S/C29H38N4OS/c1-4-22(21-11-7-5-8-12-21)29(34)33-17-15-32(16-18-33)27-26-23-13-9-6-10-14-24(23)35-28(26)31-25(30-27)19-20(2)3/h5,7-8,11-12,20,22H,4,6,9-10,13-19H2,1-3H3/t22-/m1/s1. The van der Waals surface area contributed by atoms with Crippen LogP contribution in [-0.4, -0.2) is 47.0 Å². The zero-order valence-corrected chi connectivity index (χ0v) is 22.2. The van der Waals surface area contributed by atoms with E-state index in [0.717, 1.165) is 62.6 Å². The second-order valence-electron chi connectivity index (χ2n) is 10.5. The molecular formula is C29H38N4OS. The predicted octanol–water partition coefficient (Wildman–Crippen LogP) is 6.00. The number of benzene rings is 1. The fraction of sp³-hybridized carbons (Fsp3) is 0.552. The second-order valence-corrected chi connectivity index (χ2v) is 11.6. The molecule has 2 aliphatic rings. The van der Waals surface area contributed by atoms with Gasteiger partial charge in [0.15, 0.2) is 0 Å². The van der Waals surface area contributed by atoms with Gasteiger partial charge in [-0.15, -0.1) is 11.3 Å². The van der Waals surface area contributed by atoms with Crippen LogP contribution in [0.3, 0.4) is 0 Å². The van der Waals surface area contributed by atoms with Gasteiger partial charge in [-0.3, -0.25) is 4.79 Å². The summed E-state index contributed by atoms with van der Waals surface area (Å²) in [5, 5.41) is 1.30. The Kier molecular flexibility index (Phi) is 7.37. The van der Waals surface area contributed by atoms with E-state index in [2.05, 4.69) is 42.7 Å². The summed E-state index contributed by atoms with van der Waals surface area (Å²) >= 11 is 1.90. The highest BCUT2D eigenvalue weighted by Gasteiger charge is 2.30. The van der Waals surface area contributed by atoms with Crippen LogP contribution in [0.4, 0.5) is 5.82 Å². The smallest absolute Gasteiger partial charge is 0.230 e. The van der Waals surface area contributed by atoms with Crippen LogP contribution in [0.1, 0.15) is 74.2 Å². The topological polar surface area (TPSA) is 49.3 Å². The number of anilines is 1. The Bertz CT molecular complexity index is 1160. The molecule has 1 atom stereocenters. The third-order valence-electron chi connectivity index (χ3n) is 7.48. The van der Waals surface area contributed by atoms with Gasteiger partial charge in [-0.05, 0) is 49.1 Å². The van der Waals surface area contributed by atoms with Gasteiger partial charge in [0.2, 0.25) is 5.91 Å². The minimum absolute atomic E-state index is 0.0567. The number of rotatable bonds is 6. The summed E-state index contributed by atoms with van der Waals surface area (Å²) in [6, 6.07) is 10.2. The van der Waals surface area contributed by atoms with E-state index >= 15 is 0 Å². The summed E-state index contributed by atoms with van der Waals surface area (Å²) < 4.78 is 0. The van der Waals surface area contributed by atoms with Crippen molar-refractivity contribution in [2.24, 2.45) is 5.92 Å². The fourth-order valence-corrected chi connectivity index (χ4v) is 6.92. The first-order chi connectivity index (χ1) is 17.0. The summed E-state index contributed by atoms with van der Waals surface area (Å²) in [7, 11) is 0. The van der Waals surface area contributed by atoms with Gasteiger partial charge in [0, 0.05) is 37.5 Å². The van der Waals surface area contributed by atoms with Crippen molar-refractivity contribution in [2.75, 3.05) is 31.1 Å². The number of carbonyl (C=O) groups excluding carboxylic acids is 1. The Morgan fingerprint density at radius 3 is 2.46 bits per heavy atom. The molecule has 0 radical (unpaired) electrons. The van der Waals surface area contributed by atoms with Crippen LogP contribution in [-0.2, 0) is 24.1 Å². The molecule has 0 unspecified atom stereocenters. The third kappa shape index (κ3) is 5.09. The lowest BCUT2D eigenvalue weighted by molar-refractivity contribution is -0.133. The number of aryl methyl sites for hydroxylation is 2. The molecule has 1 amide bonds. The van der Waals surface area contributed by atoms with E-state index < -0.39 is 0 Å². The molecule has 3 heterocycles. The van der Waals surface area contributed by atoms with E-state index in [0.29, 0.717) is 5.92 Å². The van der Waals surface area contributed by atoms with Crippen LogP contribution in [0.5, 0.6) is 0 Å². The number of hydrogen-bond acceptors (Lipinski definition) is 5. The van der Waals surface area contributed by atoms with Crippen molar-refractivity contribution in [1.82, 2.24) is 14.9 Å². The Balaban J connectivity index is 1.41. The first-order valence-electron chi connectivity index (χ1n) is 13.4. The molecule has 1 aromatic carbocycles. The zero-order valence-electron chi connectivity index (χ0n) is 21.4. The lowest BCUT2D eigenvalue weighted by atomic mass is 9.95. The van der Waals surface area contributed by atoms with E-state index in [1.54, 1.807) is 0 Å². The van der Waals surface area contributed by atoms with Crippen molar-refractivity contribution in [3.05, 3.63) is 52.2 Å². The van der Waals surface area contributed by atoms with E-state index in [-0.39, 0.29) is 11.8 Å². The number of thiophene rings is 1. The molecule has 5 nitrogen and oxygen atoms in total. The molecule has 0 N–H and O–H groups in total. The molecule has 186 valence electrons. The van der Waals surface area contributed by atoms with Gasteiger partial charge in [0.05, 0.1) is 11.3 Å². The molecule has 1 aliphatic carbocycles. The van der Waals surface area contributed by atoms with E-state index in [4.69, 9.17) is 9.97 Å². The van der Waals surface area contributed by atoms with Gasteiger partial charge in [0.25, 0.3) is 0 Å². The second kappa shape index (κ2) is 10.7. The molecule has 2 aromatic heterocycles. The number of amides is 1. The molecule has 1 aliphatic heterocycles. The average molecular weight is 491 g/mol. The number of fused-ring (bicyclic) bond motifs is 3. The molecule has 5 rings (SSSR count). The first kappa shape index (κ1) is 24.2. The van der Waals surface area contributed by atoms with Crippen molar-refractivity contribution in [2.45, 2.75) is 71.6 Å². The fourth-order valence-electron chi connectivity index (χ4n) is 5.64. The maximum absolute atomic E-state index is 13.4. The van der Waals surface area contributed by atoms with Gasteiger partial charge in [-0.2, -0.15) is 0 Å². The average Bonchev–Trinajstić information content (AvgIpc) is 3.05. The van der Waals surface area contributed by atoms with Gasteiger partial charge >= 0.3 is 0 Å². The number of nitrogens with zero attached hydrogens (tertiary/aromatic N) is 4. The lowest BCUT2D eigenvalue weighted by Gasteiger charge is -2.37. The summed E-state index contributed by atoms with van der Waals surface area (Å²) in [6.07, 6.45) is 7.90. The van der Waals surface area contributed by atoms with Gasteiger partial charge < -0.3 is 9.80 Å². The van der Waals surface area contributed by atoms with Crippen molar-refractivity contribution < 1.29 is 4.79 Å². The predicted molar refractivity (Wildman–Crippen MR) is 145 cm³/mol. The Hall–Kier alpha value is -2.47. The summed E-state index contributed by atoms with van der Waals surface area (Å²) in [6.45, 7) is 9.74. The van der Waals surface area contributed by atoms with Crippen LogP contribution in [0, 0.1) is 5.92 Å². The molecule has 1 saturated heterocycles. The SMILES string of the molecule is CC[C@@H](C(=O)N1CCN(c2nc(CC(C)C)nc3sc4c(c23)CCCCC4)CC1)c1ccccc1. The molecule has 35 heavy (non-hydrogen) atoms. The lowest BCUT2D eigenvalue weighted by Crippen LogP contribution is -2.50. The van der Waals surface area contributed by atoms with Crippen molar-refractivity contribution >= 4 is 33.3 Å². The molecule has 0 spiro atoms. The van der Waals surface area contributed by atoms with E-state index in [1.807, 2.05) is 29.5 Å². The Morgan fingerprint density at radius 1 is 1.00 bits per heavy atom. The molecular weight excluding hydrogens is 452 g/mol. The normalized spacial score (nSPS) is 17.5. The molecule has 0 saturated carbocycles. The Morgan fingerprint density at radius 2 is 1.74 bits per heavy atom. The van der Waals surface area contributed by atoms with Crippen LogP contribution in [0.2, 0.25) is 0 Å². The van der Waals surface area contributed by atoms with Gasteiger partial charge in [-0.25, -0.2) is 9.97 Å². The Labute approximate surface area is 213 Å². The third-order valence-corrected chi connectivity index (χ3v) is 8.67. The van der Waals surface area contributed by atoms with Crippen molar-refractivity contribution in [3.63, 3.8) is 0 Å². The first-order valence-corrected chi connectivity index (χ1v) is 14.3. The van der Waals surface area contributed by atoms with Crippen LogP contribution < -0.4 is 4.90 Å². The summed E-state index contributed by atoms with van der Waals surface area (Å²) in [4.78, 5) is 30.8. The number of aromatic nitrogens is 2. The highest BCUT2D eigenvalue weighted by molar-refractivity contribution is 7.19. The summed E-state index contributed by atoms with van der Waals surface area (Å²) in [5.74, 6) is 2.81. The zero-order chi connectivity index (χ0) is 24.4. The maximum atomic E-state index is 13.4. The quantitative estimate of drug-likeness (QED) is 0.398. The number of carbonyl (C=O) groups is 1. The maximum Gasteiger partial charge on any atom is 0.230 e. The molecule has 1 fully saturated rings. The molecule has 6 heteroatoms. The minimum atomic E-state index is -0.0567. The van der Waals surface area contributed by atoms with Gasteiger partial charge in [0.1, 0.15) is 16.5 Å². The molecule has 0 bridgehead atoms. The van der Waals surface area contributed by atoms with Crippen LogP contribution in [0.15, 0.2) is 30.3 Å². The van der Waals surface area contributed by atoms with Crippen molar-refractivity contribution in [3.8, 4) is 0 Å². The van der Waals surface area contributed by atoms with E-state index in [9.17, 15) is 4.79 Å². The highest BCUT2D eigenvalue weighted by Crippen LogP contribution is 2.39. The van der Waals surface area contributed by atoms with E-state index in [1.165, 1.54) is 46.3 Å².